The van der Waals surface area contributed by atoms with Crippen LogP contribution in [0.4, 0.5) is 0 Å². The van der Waals surface area contributed by atoms with E-state index >= 15 is 0 Å². The molecular weight excluding hydrogens is 396 g/mol. The Morgan fingerprint density at radius 2 is 1.84 bits per heavy atom. The number of hydrogen-bond donors (Lipinski definition) is 2. The van der Waals surface area contributed by atoms with Gasteiger partial charge in [0.15, 0.2) is 12.4 Å². The zero-order valence-corrected chi connectivity index (χ0v) is 16.2. The molecule has 2 amide bonds. The molecular formula is C23H16N4O4. The molecule has 8 heteroatoms. The van der Waals surface area contributed by atoms with Gasteiger partial charge in [-0.3, -0.25) is 20.4 Å². The van der Waals surface area contributed by atoms with Crippen molar-refractivity contribution in [3.63, 3.8) is 0 Å². The Balaban J connectivity index is 1.44. The quantitative estimate of drug-likeness (QED) is 0.486. The van der Waals surface area contributed by atoms with Crippen molar-refractivity contribution in [3.05, 3.63) is 84.1 Å². The first-order valence-corrected chi connectivity index (χ1v) is 9.30. The summed E-state index contributed by atoms with van der Waals surface area (Å²) in [5, 5.41) is 9.43. The van der Waals surface area contributed by atoms with Crippen LogP contribution in [0, 0.1) is 11.3 Å². The number of nitriles is 1. The van der Waals surface area contributed by atoms with E-state index in [0.717, 1.165) is 0 Å². The third-order valence-electron chi connectivity index (χ3n) is 4.40. The Kier molecular flexibility index (Phi) is 5.58. The second-order valence-electron chi connectivity index (χ2n) is 6.48. The SMILES string of the molecule is N#Cc1ccc(OCC(=O)NNC(=O)c2cc(-c3ccco3)nc3ccccc23)cc1. The maximum absolute atomic E-state index is 12.8. The number of pyridine rings is 1. The Morgan fingerprint density at radius 3 is 2.58 bits per heavy atom. The van der Waals surface area contributed by atoms with Gasteiger partial charge in [0.05, 0.1) is 29.0 Å². The highest BCUT2D eigenvalue weighted by Gasteiger charge is 2.15. The summed E-state index contributed by atoms with van der Waals surface area (Å²) in [7, 11) is 0. The molecule has 0 aliphatic rings. The molecule has 0 aliphatic carbocycles. The van der Waals surface area contributed by atoms with Crippen LogP contribution in [0.2, 0.25) is 0 Å². The van der Waals surface area contributed by atoms with E-state index in [1.54, 1.807) is 60.7 Å². The van der Waals surface area contributed by atoms with E-state index in [9.17, 15) is 9.59 Å². The van der Waals surface area contributed by atoms with Gasteiger partial charge >= 0.3 is 0 Å². The summed E-state index contributed by atoms with van der Waals surface area (Å²) in [5.41, 5.74) is 6.68. The van der Waals surface area contributed by atoms with Crippen molar-refractivity contribution in [2.75, 3.05) is 6.61 Å². The first-order chi connectivity index (χ1) is 15.1. The average molecular weight is 412 g/mol. The van der Waals surface area contributed by atoms with Crippen LogP contribution >= 0.6 is 0 Å². The molecule has 0 unspecified atom stereocenters. The Morgan fingerprint density at radius 1 is 1.03 bits per heavy atom. The Hall–Kier alpha value is -4.64. The summed E-state index contributed by atoms with van der Waals surface area (Å²) < 4.78 is 10.7. The molecule has 2 heterocycles. The van der Waals surface area contributed by atoms with Gasteiger partial charge < -0.3 is 9.15 Å². The number of furan rings is 1. The number of carbonyl (C=O) groups is 2. The number of aromatic nitrogens is 1. The second-order valence-corrected chi connectivity index (χ2v) is 6.48. The molecule has 2 aromatic heterocycles. The number of para-hydroxylation sites is 1. The smallest absolute Gasteiger partial charge is 0.276 e. The van der Waals surface area contributed by atoms with Crippen molar-refractivity contribution in [1.29, 1.82) is 5.26 Å². The van der Waals surface area contributed by atoms with E-state index in [4.69, 9.17) is 14.4 Å². The minimum absolute atomic E-state index is 0.305. The zero-order valence-electron chi connectivity index (χ0n) is 16.2. The minimum atomic E-state index is -0.540. The molecule has 0 radical (unpaired) electrons. The van der Waals surface area contributed by atoms with Crippen LogP contribution in [-0.4, -0.2) is 23.4 Å². The summed E-state index contributed by atoms with van der Waals surface area (Å²) in [5.74, 6) is -0.0798. The summed E-state index contributed by atoms with van der Waals surface area (Å²) >= 11 is 0. The lowest BCUT2D eigenvalue weighted by Crippen LogP contribution is -2.43. The highest BCUT2D eigenvalue weighted by molar-refractivity contribution is 6.07. The average Bonchev–Trinajstić information content (AvgIpc) is 3.36. The van der Waals surface area contributed by atoms with Crippen LogP contribution in [0.1, 0.15) is 15.9 Å². The van der Waals surface area contributed by atoms with Crippen LogP contribution in [0.3, 0.4) is 0 Å². The molecule has 0 spiro atoms. The number of hydrazine groups is 1. The van der Waals surface area contributed by atoms with Crippen molar-refractivity contribution in [2.24, 2.45) is 0 Å². The van der Waals surface area contributed by atoms with Gasteiger partial charge in [-0.2, -0.15) is 5.26 Å². The molecule has 0 bridgehead atoms. The molecule has 4 aromatic rings. The summed E-state index contributed by atoms with van der Waals surface area (Å²) in [6, 6.07) is 20.6. The van der Waals surface area contributed by atoms with Crippen molar-refractivity contribution in [2.45, 2.75) is 0 Å². The van der Waals surface area contributed by atoms with Gasteiger partial charge in [-0.25, -0.2) is 4.98 Å². The topological polar surface area (TPSA) is 117 Å². The Labute approximate surface area is 177 Å². The van der Waals surface area contributed by atoms with Gasteiger partial charge in [-0.15, -0.1) is 0 Å². The fourth-order valence-electron chi connectivity index (χ4n) is 2.92. The monoisotopic (exact) mass is 412 g/mol. The number of nitrogens with zero attached hydrogens (tertiary/aromatic N) is 2. The molecule has 2 aromatic carbocycles. The largest absolute Gasteiger partial charge is 0.484 e. The molecule has 4 rings (SSSR count). The van der Waals surface area contributed by atoms with Gasteiger partial charge in [0.25, 0.3) is 11.8 Å². The molecule has 152 valence electrons. The molecule has 0 aliphatic heterocycles. The van der Waals surface area contributed by atoms with Crippen molar-refractivity contribution < 1.29 is 18.7 Å². The fourth-order valence-corrected chi connectivity index (χ4v) is 2.92. The summed E-state index contributed by atoms with van der Waals surface area (Å²) in [6.45, 7) is -0.305. The number of rotatable bonds is 5. The third kappa shape index (κ3) is 4.52. The van der Waals surface area contributed by atoms with Gasteiger partial charge in [-0.1, -0.05) is 18.2 Å². The maximum atomic E-state index is 12.8. The number of hydrogen-bond acceptors (Lipinski definition) is 6. The lowest BCUT2D eigenvalue weighted by molar-refractivity contribution is -0.123. The third-order valence-corrected chi connectivity index (χ3v) is 4.40. The predicted octanol–water partition coefficient (Wildman–Crippen LogP) is 3.21. The lowest BCUT2D eigenvalue weighted by atomic mass is 10.1. The van der Waals surface area contributed by atoms with Crippen molar-refractivity contribution >= 4 is 22.7 Å². The molecule has 0 saturated heterocycles. The number of carbonyl (C=O) groups excluding carboxylic acids is 2. The summed E-state index contributed by atoms with van der Waals surface area (Å²) in [6.07, 6.45) is 1.53. The molecule has 8 nitrogen and oxygen atoms in total. The van der Waals surface area contributed by atoms with Crippen LogP contribution in [-0.2, 0) is 4.79 Å². The van der Waals surface area contributed by atoms with Crippen LogP contribution in [0.25, 0.3) is 22.4 Å². The van der Waals surface area contributed by atoms with E-state index in [0.29, 0.717) is 39.2 Å². The second kappa shape index (κ2) is 8.80. The molecule has 0 fully saturated rings. The van der Waals surface area contributed by atoms with Gasteiger partial charge in [-0.05, 0) is 48.5 Å². The number of fused-ring (bicyclic) bond motifs is 1. The molecule has 0 saturated carbocycles. The van der Waals surface area contributed by atoms with Crippen molar-refractivity contribution in [1.82, 2.24) is 15.8 Å². The van der Waals surface area contributed by atoms with E-state index in [1.165, 1.54) is 6.26 Å². The fraction of sp³-hybridized carbons (Fsp3) is 0.0435. The molecule has 2 N–H and O–H groups in total. The number of amides is 2. The van der Waals surface area contributed by atoms with Gasteiger partial charge in [0.2, 0.25) is 0 Å². The van der Waals surface area contributed by atoms with E-state index in [2.05, 4.69) is 15.8 Å². The normalized spacial score (nSPS) is 10.3. The maximum Gasteiger partial charge on any atom is 0.276 e. The van der Waals surface area contributed by atoms with Crippen LogP contribution < -0.4 is 15.6 Å². The van der Waals surface area contributed by atoms with Gasteiger partial charge in [0, 0.05) is 5.39 Å². The minimum Gasteiger partial charge on any atom is -0.484 e. The first kappa shape index (κ1) is 19.7. The van der Waals surface area contributed by atoms with Crippen LogP contribution in [0.5, 0.6) is 5.75 Å². The molecule has 31 heavy (non-hydrogen) atoms. The predicted molar refractivity (Wildman–Crippen MR) is 112 cm³/mol. The van der Waals surface area contributed by atoms with E-state index < -0.39 is 11.8 Å². The van der Waals surface area contributed by atoms with Crippen LogP contribution in [0.15, 0.2) is 77.4 Å². The standard InChI is InChI=1S/C23H16N4O4/c24-13-15-7-9-16(10-8-15)31-14-22(28)26-27-23(29)18-12-20(21-6-3-11-30-21)25-19-5-2-1-4-17(18)19/h1-12H,14H2,(H,26,28)(H,27,29). The van der Waals surface area contributed by atoms with E-state index in [-0.39, 0.29) is 6.61 Å². The number of ether oxygens (including phenoxy) is 1. The number of nitrogens with one attached hydrogen (secondary N) is 2. The van der Waals surface area contributed by atoms with Gasteiger partial charge in [0.1, 0.15) is 11.4 Å². The number of benzene rings is 2. The summed E-state index contributed by atoms with van der Waals surface area (Å²) in [4.78, 5) is 29.4. The Bertz CT molecular complexity index is 1280. The highest BCUT2D eigenvalue weighted by Crippen LogP contribution is 2.25. The lowest BCUT2D eigenvalue weighted by Gasteiger charge is -2.11. The molecule has 0 atom stereocenters. The first-order valence-electron chi connectivity index (χ1n) is 9.30. The highest BCUT2D eigenvalue weighted by atomic mass is 16.5. The van der Waals surface area contributed by atoms with E-state index in [1.807, 2.05) is 12.1 Å². The zero-order chi connectivity index (χ0) is 21.6. The van der Waals surface area contributed by atoms with Crippen molar-refractivity contribution in [3.8, 4) is 23.3 Å².